The van der Waals surface area contributed by atoms with E-state index in [0.29, 0.717) is 11.4 Å². The van der Waals surface area contributed by atoms with Crippen molar-refractivity contribution in [2.45, 2.75) is 38.3 Å². The van der Waals surface area contributed by atoms with E-state index < -0.39 is 6.04 Å². The highest BCUT2D eigenvalue weighted by Gasteiger charge is 2.27. The van der Waals surface area contributed by atoms with Crippen molar-refractivity contribution in [3.63, 3.8) is 0 Å². The number of nitrogens with zero attached hydrogens (tertiary/aromatic N) is 2. The van der Waals surface area contributed by atoms with Gasteiger partial charge in [0.25, 0.3) is 0 Å². The second kappa shape index (κ2) is 7.48. The van der Waals surface area contributed by atoms with Gasteiger partial charge >= 0.3 is 0 Å². The summed E-state index contributed by atoms with van der Waals surface area (Å²) >= 11 is 0. The molecule has 1 fully saturated rings. The lowest BCUT2D eigenvalue weighted by atomic mass is 10.1. The molecule has 4 N–H and O–H groups in total. The van der Waals surface area contributed by atoms with Crippen molar-refractivity contribution in [2.24, 2.45) is 11.7 Å². The molecule has 2 aromatic rings. The Balaban J connectivity index is 1.61. The number of carbonyl (C=O) groups is 2. The summed E-state index contributed by atoms with van der Waals surface area (Å²) in [7, 11) is 0. The molecule has 7 nitrogen and oxygen atoms in total. The fourth-order valence-corrected chi connectivity index (χ4v) is 3.05. The van der Waals surface area contributed by atoms with Crippen LogP contribution in [0.2, 0.25) is 0 Å². The smallest absolute Gasteiger partial charge is 0.248 e. The minimum absolute atomic E-state index is 0.0127. The minimum atomic E-state index is -0.423. The summed E-state index contributed by atoms with van der Waals surface area (Å²) in [6, 6.07) is 8.60. The molecule has 0 aliphatic heterocycles. The topological polar surface area (TPSA) is 102 Å². The Hall–Kier alpha value is -2.67. The van der Waals surface area contributed by atoms with E-state index in [4.69, 9.17) is 5.73 Å². The summed E-state index contributed by atoms with van der Waals surface area (Å²) in [5, 5.41) is 9.84. The molecule has 3 rings (SSSR count). The van der Waals surface area contributed by atoms with E-state index in [1.807, 2.05) is 0 Å². The summed E-state index contributed by atoms with van der Waals surface area (Å²) < 4.78 is 1.59. The average molecular weight is 341 g/mol. The van der Waals surface area contributed by atoms with E-state index in [0.717, 1.165) is 19.3 Å². The van der Waals surface area contributed by atoms with Gasteiger partial charge in [0.15, 0.2) is 0 Å². The molecule has 132 valence electrons. The number of benzene rings is 1. The third-order valence-corrected chi connectivity index (χ3v) is 4.54. The number of hydrogen-bond acceptors (Lipinski definition) is 4. The maximum Gasteiger partial charge on any atom is 0.248 e. The number of anilines is 2. The summed E-state index contributed by atoms with van der Waals surface area (Å²) in [6.45, 7) is 1.78. The molecule has 0 bridgehead atoms. The Morgan fingerprint density at radius 1 is 1.24 bits per heavy atom. The highest BCUT2D eigenvalue weighted by atomic mass is 16.2. The SMILES string of the molecule is CC(C(=O)Nc1cccc(NC(=O)C2CCC(N)C2)c1)n1cccn1. The van der Waals surface area contributed by atoms with Crippen LogP contribution >= 0.6 is 0 Å². The molecule has 25 heavy (non-hydrogen) atoms. The van der Waals surface area contributed by atoms with Gasteiger partial charge in [0, 0.05) is 35.7 Å². The van der Waals surface area contributed by atoms with Gasteiger partial charge in [-0.2, -0.15) is 5.10 Å². The van der Waals surface area contributed by atoms with Crippen molar-refractivity contribution in [3.05, 3.63) is 42.7 Å². The highest BCUT2D eigenvalue weighted by molar-refractivity contribution is 5.96. The van der Waals surface area contributed by atoms with Gasteiger partial charge in [0.05, 0.1) is 0 Å². The molecule has 1 aromatic heterocycles. The molecule has 0 spiro atoms. The van der Waals surface area contributed by atoms with Gasteiger partial charge in [-0.25, -0.2) is 0 Å². The fourth-order valence-electron chi connectivity index (χ4n) is 3.05. The lowest BCUT2D eigenvalue weighted by molar-refractivity contribution is -0.120. The standard InChI is InChI=1S/C18H23N5O2/c1-12(23-9-3-8-20-23)17(24)21-15-4-2-5-16(11-15)22-18(25)13-6-7-14(19)10-13/h2-5,8-9,11-14H,6-7,10,19H2,1H3,(H,21,24)(H,22,25). The highest BCUT2D eigenvalue weighted by Crippen LogP contribution is 2.26. The van der Waals surface area contributed by atoms with Crippen LogP contribution in [0.1, 0.15) is 32.2 Å². The first kappa shape index (κ1) is 17.2. The van der Waals surface area contributed by atoms with Crippen molar-refractivity contribution in [2.75, 3.05) is 10.6 Å². The molecule has 0 saturated heterocycles. The molecule has 2 amide bonds. The first-order valence-corrected chi connectivity index (χ1v) is 8.49. The molecule has 1 aliphatic rings. The van der Waals surface area contributed by atoms with Crippen LogP contribution in [-0.4, -0.2) is 27.6 Å². The molecule has 7 heteroatoms. The minimum Gasteiger partial charge on any atom is -0.328 e. The quantitative estimate of drug-likeness (QED) is 0.775. The molecular weight excluding hydrogens is 318 g/mol. The van der Waals surface area contributed by atoms with Crippen molar-refractivity contribution in [3.8, 4) is 0 Å². The van der Waals surface area contributed by atoms with Gasteiger partial charge in [-0.15, -0.1) is 0 Å². The van der Waals surface area contributed by atoms with E-state index in [9.17, 15) is 9.59 Å². The van der Waals surface area contributed by atoms with Crippen molar-refractivity contribution in [1.82, 2.24) is 9.78 Å². The Morgan fingerprint density at radius 3 is 2.64 bits per heavy atom. The maximum absolute atomic E-state index is 12.3. The van der Waals surface area contributed by atoms with Gasteiger partial charge in [0.1, 0.15) is 6.04 Å². The number of nitrogens with two attached hydrogens (primary N) is 1. The van der Waals surface area contributed by atoms with Crippen molar-refractivity contribution in [1.29, 1.82) is 0 Å². The molecule has 1 aromatic carbocycles. The third kappa shape index (κ3) is 4.24. The monoisotopic (exact) mass is 341 g/mol. The van der Waals surface area contributed by atoms with Gasteiger partial charge in [-0.05, 0) is 50.5 Å². The molecular formula is C18H23N5O2. The normalized spacial score (nSPS) is 20.9. The molecule has 3 atom stereocenters. The Bertz CT molecular complexity index is 744. The van der Waals surface area contributed by atoms with Crippen LogP contribution < -0.4 is 16.4 Å². The first-order valence-electron chi connectivity index (χ1n) is 8.49. The number of rotatable bonds is 5. The van der Waals surface area contributed by atoms with Gasteiger partial charge < -0.3 is 16.4 Å². The largest absolute Gasteiger partial charge is 0.328 e. The maximum atomic E-state index is 12.3. The Morgan fingerprint density at radius 2 is 2.00 bits per heavy atom. The number of hydrogen-bond donors (Lipinski definition) is 3. The van der Waals surface area contributed by atoms with Crippen molar-refractivity contribution < 1.29 is 9.59 Å². The third-order valence-electron chi connectivity index (χ3n) is 4.54. The summed E-state index contributed by atoms with van der Waals surface area (Å²) in [5.41, 5.74) is 7.16. The van der Waals surface area contributed by atoms with E-state index in [1.165, 1.54) is 0 Å². The van der Waals surface area contributed by atoms with Crippen LogP contribution in [0, 0.1) is 5.92 Å². The van der Waals surface area contributed by atoms with Crippen LogP contribution in [0.5, 0.6) is 0 Å². The number of carbonyl (C=O) groups excluding carboxylic acids is 2. The molecule has 3 unspecified atom stereocenters. The molecule has 1 saturated carbocycles. The summed E-state index contributed by atoms with van der Waals surface area (Å²) in [5.74, 6) is -0.219. The van der Waals surface area contributed by atoms with E-state index in [1.54, 1.807) is 54.3 Å². The van der Waals surface area contributed by atoms with E-state index in [2.05, 4.69) is 15.7 Å². The second-order valence-corrected chi connectivity index (χ2v) is 6.49. The zero-order valence-electron chi connectivity index (χ0n) is 14.2. The molecule has 0 radical (unpaired) electrons. The number of aromatic nitrogens is 2. The van der Waals surface area contributed by atoms with Crippen LogP contribution in [0.4, 0.5) is 11.4 Å². The summed E-state index contributed by atoms with van der Waals surface area (Å²) in [6.07, 6.45) is 5.82. The summed E-state index contributed by atoms with van der Waals surface area (Å²) in [4.78, 5) is 24.6. The van der Waals surface area contributed by atoms with Crippen LogP contribution in [0.15, 0.2) is 42.7 Å². The Labute approximate surface area is 146 Å². The number of nitrogens with one attached hydrogen (secondary N) is 2. The lowest BCUT2D eigenvalue weighted by Crippen LogP contribution is -2.24. The molecule has 1 heterocycles. The Kier molecular flexibility index (Phi) is 5.14. The number of amides is 2. The lowest BCUT2D eigenvalue weighted by Gasteiger charge is -2.14. The van der Waals surface area contributed by atoms with Crippen LogP contribution in [-0.2, 0) is 9.59 Å². The predicted molar refractivity (Wildman–Crippen MR) is 96.0 cm³/mol. The first-order chi connectivity index (χ1) is 12.0. The predicted octanol–water partition coefficient (Wildman–Crippen LogP) is 2.15. The fraction of sp³-hybridized carbons (Fsp3) is 0.389. The average Bonchev–Trinajstić information content (AvgIpc) is 3.26. The van der Waals surface area contributed by atoms with E-state index >= 15 is 0 Å². The van der Waals surface area contributed by atoms with Crippen LogP contribution in [0.25, 0.3) is 0 Å². The second-order valence-electron chi connectivity index (χ2n) is 6.49. The van der Waals surface area contributed by atoms with Crippen molar-refractivity contribution >= 4 is 23.2 Å². The van der Waals surface area contributed by atoms with Gasteiger partial charge in [-0.1, -0.05) is 6.07 Å². The van der Waals surface area contributed by atoms with Crippen LogP contribution in [0.3, 0.4) is 0 Å². The zero-order chi connectivity index (χ0) is 17.8. The van der Waals surface area contributed by atoms with E-state index in [-0.39, 0.29) is 23.8 Å². The zero-order valence-corrected chi connectivity index (χ0v) is 14.2. The molecule has 1 aliphatic carbocycles. The van der Waals surface area contributed by atoms with Gasteiger partial charge in [-0.3, -0.25) is 14.3 Å². The van der Waals surface area contributed by atoms with Gasteiger partial charge in [0.2, 0.25) is 11.8 Å².